The van der Waals surface area contributed by atoms with E-state index in [-0.39, 0.29) is 12.3 Å². The van der Waals surface area contributed by atoms with E-state index in [0.717, 1.165) is 0 Å². The van der Waals surface area contributed by atoms with E-state index < -0.39 is 35.4 Å². The first-order valence-electron chi connectivity index (χ1n) is 4.61. The smallest absolute Gasteiger partial charge is 0.368 e. The van der Waals surface area contributed by atoms with E-state index in [4.69, 9.17) is 5.11 Å². The third-order valence-corrected chi connectivity index (χ3v) is 2.28. The average Bonchev–Trinajstić information content (AvgIpc) is 2.23. The molecule has 0 saturated carbocycles. The fourth-order valence-electron chi connectivity index (χ4n) is 1.35. The largest absolute Gasteiger partial charge is 0.432 e. The van der Waals surface area contributed by atoms with Gasteiger partial charge in [0, 0.05) is 6.20 Å². The van der Waals surface area contributed by atoms with Crippen LogP contribution in [0.4, 0.5) is 39.5 Å². The standard InChI is InChI=1S/C9H4F9NO/c10-7(11,12)4-2-1-3-19-5(4)6(20,8(13,14)15)9(16,17)18/h1-3,20H. The first kappa shape index (κ1) is 16.5. The third-order valence-electron chi connectivity index (χ3n) is 2.28. The Morgan fingerprint density at radius 1 is 0.850 bits per heavy atom. The van der Waals surface area contributed by atoms with Gasteiger partial charge in [0.2, 0.25) is 0 Å². The van der Waals surface area contributed by atoms with Crippen LogP contribution in [0.3, 0.4) is 0 Å². The van der Waals surface area contributed by atoms with Crippen LogP contribution in [0.5, 0.6) is 0 Å². The molecule has 1 aromatic rings. The average molecular weight is 313 g/mol. The first-order chi connectivity index (χ1) is 8.73. The summed E-state index contributed by atoms with van der Waals surface area (Å²) in [7, 11) is 0. The second-order valence-electron chi connectivity index (χ2n) is 3.60. The van der Waals surface area contributed by atoms with Crippen molar-refractivity contribution in [2.75, 3.05) is 0 Å². The summed E-state index contributed by atoms with van der Waals surface area (Å²) in [5, 5.41) is 8.89. The van der Waals surface area contributed by atoms with Crippen LogP contribution in [0.25, 0.3) is 0 Å². The van der Waals surface area contributed by atoms with E-state index in [2.05, 4.69) is 4.98 Å². The molecule has 20 heavy (non-hydrogen) atoms. The molecule has 0 amide bonds. The number of alkyl halides is 9. The van der Waals surface area contributed by atoms with Gasteiger partial charge in [-0.15, -0.1) is 0 Å². The van der Waals surface area contributed by atoms with Crippen molar-refractivity contribution >= 4 is 0 Å². The number of hydrogen-bond acceptors (Lipinski definition) is 2. The first-order valence-corrected chi connectivity index (χ1v) is 4.61. The van der Waals surface area contributed by atoms with Crippen molar-refractivity contribution in [1.29, 1.82) is 0 Å². The topological polar surface area (TPSA) is 33.1 Å². The van der Waals surface area contributed by atoms with Crippen LogP contribution in [0.15, 0.2) is 18.3 Å². The van der Waals surface area contributed by atoms with Gasteiger partial charge in [-0.2, -0.15) is 39.5 Å². The van der Waals surface area contributed by atoms with Crippen LogP contribution in [0, 0.1) is 0 Å². The summed E-state index contributed by atoms with van der Waals surface area (Å²) >= 11 is 0. The van der Waals surface area contributed by atoms with Gasteiger partial charge in [-0.25, -0.2) is 0 Å². The van der Waals surface area contributed by atoms with Crippen molar-refractivity contribution in [1.82, 2.24) is 4.98 Å². The van der Waals surface area contributed by atoms with Gasteiger partial charge < -0.3 is 5.11 Å². The monoisotopic (exact) mass is 313 g/mol. The van der Waals surface area contributed by atoms with Gasteiger partial charge in [0.05, 0.1) is 5.56 Å². The van der Waals surface area contributed by atoms with Gasteiger partial charge in [0.15, 0.2) is 0 Å². The maximum atomic E-state index is 12.5. The number of halogens is 9. The van der Waals surface area contributed by atoms with Gasteiger partial charge in [-0.05, 0) is 12.1 Å². The molecule has 0 bridgehead atoms. The Kier molecular flexibility index (Phi) is 3.72. The van der Waals surface area contributed by atoms with Crippen molar-refractivity contribution in [3.8, 4) is 0 Å². The summed E-state index contributed by atoms with van der Waals surface area (Å²) in [6, 6.07) is 0.463. The molecule has 0 unspecified atom stereocenters. The molecule has 0 aliphatic carbocycles. The highest BCUT2D eigenvalue weighted by molar-refractivity contribution is 5.31. The quantitative estimate of drug-likeness (QED) is 0.806. The van der Waals surface area contributed by atoms with E-state index in [1.54, 1.807) is 0 Å². The molecule has 0 saturated heterocycles. The highest BCUT2D eigenvalue weighted by Gasteiger charge is 2.73. The highest BCUT2D eigenvalue weighted by Crippen LogP contribution is 2.51. The van der Waals surface area contributed by atoms with Crippen LogP contribution in [0.2, 0.25) is 0 Å². The third kappa shape index (κ3) is 2.53. The number of rotatable bonds is 1. The molecular weight excluding hydrogens is 309 g/mol. The zero-order valence-corrected chi connectivity index (χ0v) is 9.03. The molecule has 1 rings (SSSR count). The fraction of sp³-hybridized carbons (Fsp3) is 0.444. The minimum absolute atomic E-state index is 0.0369. The van der Waals surface area contributed by atoms with Gasteiger partial charge >= 0.3 is 18.5 Å². The molecule has 0 aromatic carbocycles. The van der Waals surface area contributed by atoms with E-state index in [1.807, 2.05) is 0 Å². The summed E-state index contributed by atoms with van der Waals surface area (Å²) in [6.45, 7) is 0. The van der Waals surface area contributed by atoms with Gasteiger partial charge in [-0.1, -0.05) is 0 Å². The lowest BCUT2D eigenvalue weighted by Gasteiger charge is -2.33. The molecule has 0 atom stereocenters. The molecule has 0 radical (unpaired) electrons. The lowest BCUT2D eigenvalue weighted by atomic mass is 9.93. The summed E-state index contributed by atoms with van der Waals surface area (Å²) in [5.74, 6) is 0. The van der Waals surface area contributed by atoms with Gasteiger partial charge in [0.1, 0.15) is 5.69 Å². The molecule has 1 N–H and O–H groups in total. The Balaban J connectivity index is 3.70. The molecule has 2 nitrogen and oxygen atoms in total. The van der Waals surface area contributed by atoms with Crippen molar-refractivity contribution in [2.24, 2.45) is 0 Å². The maximum absolute atomic E-state index is 12.5. The minimum atomic E-state index is -6.43. The summed E-state index contributed by atoms with van der Waals surface area (Å²) in [5.41, 5.74) is -10.6. The fourth-order valence-corrected chi connectivity index (χ4v) is 1.35. The molecule has 0 fully saturated rings. The lowest BCUT2D eigenvalue weighted by molar-refractivity contribution is -0.378. The second-order valence-corrected chi connectivity index (χ2v) is 3.60. The Morgan fingerprint density at radius 2 is 1.30 bits per heavy atom. The predicted molar refractivity (Wildman–Crippen MR) is 45.2 cm³/mol. The summed E-state index contributed by atoms with van der Waals surface area (Å²) < 4.78 is 112. The second kappa shape index (κ2) is 4.50. The van der Waals surface area contributed by atoms with Crippen molar-refractivity contribution in [3.05, 3.63) is 29.6 Å². The molecule has 0 aliphatic heterocycles. The molecular formula is C9H4F9NO. The Morgan fingerprint density at radius 3 is 1.65 bits per heavy atom. The zero-order valence-electron chi connectivity index (χ0n) is 9.03. The van der Waals surface area contributed by atoms with E-state index in [1.165, 1.54) is 0 Å². The van der Waals surface area contributed by atoms with Crippen LogP contribution < -0.4 is 0 Å². The number of nitrogens with zero attached hydrogens (tertiary/aromatic N) is 1. The predicted octanol–water partition coefficient (Wildman–Crippen LogP) is 3.41. The van der Waals surface area contributed by atoms with Crippen LogP contribution in [-0.2, 0) is 11.8 Å². The van der Waals surface area contributed by atoms with Crippen molar-refractivity contribution in [2.45, 2.75) is 24.1 Å². The van der Waals surface area contributed by atoms with Gasteiger partial charge in [-0.3, -0.25) is 4.98 Å². The van der Waals surface area contributed by atoms with E-state index >= 15 is 0 Å². The van der Waals surface area contributed by atoms with Crippen LogP contribution in [-0.4, -0.2) is 22.4 Å². The Bertz CT molecular complexity index is 473. The Hall–Kier alpha value is -1.52. The molecule has 11 heteroatoms. The highest BCUT2D eigenvalue weighted by atomic mass is 19.4. The summed E-state index contributed by atoms with van der Waals surface area (Å²) in [4.78, 5) is 2.44. The van der Waals surface area contributed by atoms with E-state index in [9.17, 15) is 39.5 Å². The number of hydrogen-bond donors (Lipinski definition) is 1. The number of aliphatic hydroxyl groups is 1. The normalized spacial score (nSPS) is 14.5. The molecule has 0 aliphatic rings. The lowest BCUT2D eigenvalue weighted by Crippen LogP contribution is -2.55. The molecule has 1 aromatic heterocycles. The SMILES string of the molecule is OC(c1ncccc1C(F)(F)F)(C(F)(F)F)C(F)(F)F. The van der Waals surface area contributed by atoms with E-state index in [0.29, 0.717) is 6.07 Å². The maximum Gasteiger partial charge on any atom is 0.432 e. The Labute approximate surface area is 104 Å². The zero-order chi connectivity index (χ0) is 16.0. The molecule has 114 valence electrons. The summed E-state index contributed by atoms with van der Waals surface area (Å²) in [6.07, 6.45) is -18.1. The molecule has 1 heterocycles. The van der Waals surface area contributed by atoms with Crippen LogP contribution >= 0.6 is 0 Å². The number of pyridine rings is 1. The molecule has 0 spiro atoms. The van der Waals surface area contributed by atoms with Crippen molar-refractivity contribution in [3.63, 3.8) is 0 Å². The minimum Gasteiger partial charge on any atom is -0.368 e. The van der Waals surface area contributed by atoms with Crippen molar-refractivity contribution < 1.29 is 44.6 Å². The van der Waals surface area contributed by atoms with Gasteiger partial charge in [0.25, 0.3) is 5.60 Å². The number of aromatic nitrogens is 1. The van der Waals surface area contributed by atoms with Crippen LogP contribution in [0.1, 0.15) is 11.3 Å².